The smallest absolute Gasteiger partial charge is 0.308 e. The Morgan fingerprint density at radius 1 is 1.33 bits per heavy atom. The highest BCUT2D eigenvalue weighted by Gasteiger charge is 2.40. The molecule has 0 aromatic rings. The molecule has 150 valence electrons. The first-order chi connectivity index (χ1) is 12.8. The van der Waals surface area contributed by atoms with E-state index in [-0.39, 0.29) is 24.6 Å². The molecule has 1 fully saturated rings. The Hall–Kier alpha value is -1.39. The molecule has 0 saturated carbocycles. The van der Waals surface area contributed by atoms with Gasteiger partial charge >= 0.3 is 5.97 Å². The van der Waals surface area contributed by atoms with E-state index in [2.05, 4.69) is 38.7 Å². The molecule has 2 aliphatic carbocycles. The lowest BCUT2D eigenvalue weighted by atomic mass is 9.65. The van der Waals surface area contributed by atoms with Gasteiger partial charge in [0.1, 0.15) is 6.10 Å². The summed E-state index contributed by atoms with van der Waals surface area (Å²) in [6, 6.07) is 0. The fourth-order valence-electron chi connectivity index (χ4n) is 4.94. The van der Waals surface area contributed by atoms with Gasteiger partial charge in [-0.25, -0.2) is 0 Å². The van der Waals surface area contributed by atoms with Crippen molar-refractivity contribution in [2.24, 2.45) is 23.7 Å². The zero-order valence-corrected chi connectivity index (χ0v) is 16.9. The Labute approximate surface area is 163 Å². The minimum absolute atomic E-state index is 0.128. The van der Waals surface area contributed by atoms with E-state index in [1.165, 1.54) is 5.57 Å². The maximum atomic E-state index is 11.6. The average molecular weight is 375 g/mol. The van der Waals surface area contributed by atoms with Crippen LogP contribution in [0.2, 0.25) is 0 Å². The molecule has 1 aliphatic heterocycles. The van der Waals surface area contributed by atoms with Gasteiger partial charge in [-0.3, -0.25) is 4.79 Å². The van der Waals surface area contributed by atoms with Gasteiger partial charge in [-0.15, -0.1) is 0 Å². The number of rotatable bonds is 6. The molecule has 3 rings (SSSR count). The predicted octanol–water partition coefficient (Wildman–Crippen LogP) is 4.20. The minimum atomic E-state index is -0.558. The van der Waals surface area contributed by atoms with Gasteiger partial charge in [0.05, 0.1) is 25.2 Å². The van der Waals surface area contributed by atoms with Crippen molar-refractivity contribution in [2.75, 3.05) is 6.61 Å². The van der Waals surface area contributed by atoms with Gasteiger partial charge in [0, 0.05) is 12.3 Å². The average Bonchev–Trinajstić information content (AvgIpc) is 2.58. The van der Waals surface area contributed by atoms with Crippen LogP contribution in [0.1, 0.15) is 52.9 Å². The molecule has 0 amide bonds. The van der Waals surface area contributed by atoms with E-state index in [0.717, 1.165) is 24.8 Å². The van der Waals surface area contributed by atoms with Crippen molar-refractivity contribution in [3.63, 3.8) is 0 Å². The molecule has 0 radical (unpaired) electrons. The van der Waals surface area contributed by atoms with Crippen LogP contribution in [0.15, 0.2) is 36.0 Å². The molecule has 0 bridgehead atoms. The second-order valence-corrected chi connectivity index (χ2v) is 8.88. The number of cyclic esters (lactones) is 1. The SMILES string of the molecule is C=C(C)CO[C@H]1C[C@@H](C)C=C2C=C[C@H](C)[C@H](CCC3C[C@@H](O)CC(=O)O3)[C@H]21. The minimum Gasteiger partial charge on any atom is -0.462 e. The van der Waals surface area contributed by atoms with Gasteiger partial charge in [0.2, 0.25) is 0 Å². The van der Waals surface area contributed by atoms with Crippen molar-refractivity contribution in [1.29, 1.82) is 0 Å². The number of allylic oxidation sites excluding steroid dienone is 3. The topological polar surface area (TPSA) is 55.8 Å². The first-order valence-corrected chi connectivity index (χ1v) is 10.4. The Kier molecular flexibility index (Phi) is 6.59. The Morgan fingerprint density at radius 2 is 2.11 bits per heavy atom. The summed E-state index contributed by atoms with van der Waals surface area (Å²) in [4.78, 5) is 11.6. The number of hydrogen-bond acceptors (Lipinski definition) is 4. The lowest BCUT2D eigenvalue weighted by Gasteiger charge is -2.44. The first kappa shape index (κ1) is 20.3. The number of aliphatic hydroxyl groups is 1. The Balaban J connectivity index is 1.71. The molecular formula is C23H34O4. The molecule has 0 aromatic heterocycles. The summed E-state index contributed by atoms with van der Waals surface area (Å²) >= 11 is 0. The lowest BCUT2D eigenvalue weighted by molar-refractivity contribution is -0.160. The maximum absolute atomic E-state index is 11.6. The molecule has 1 saturated heterocycles. The number of carbonyl (C=O) groups is 1. The van der Waals surface area contributed by atoms with Gasteiger partial charge in [-0.05, 0) is 49.5 Å². The van der Waals surface area contributed by atoms with E-state index in [9.17, 15) is 9.90 Å². The third kappa shape index (κ3) is 5.11. The molecule has 4 nitrogen and oxygen atoms in total. The highest BCUT2D eigenvalue weighted by molar-refractivity contribution is 5.70. The fraction of sp³-hybridized carbons (Fsp3) is 0.696. The number of hydrogen-bond donors (Lipinski definition) is 1. The lowest BCUT2D eigenvalue weighted by Crippen LogP contribution is -2.41. The Bertz CT molecular complexity index is 620. The second kappa shape index (κ2) is 8.74. The first-order valence-electron chi connectivity index (χ1n) is 10.4. The zero-order chi connectivity index (χ0) is 19.6. The molecule has 7 atom stereocenters. The second-order valence-electron chi connectivity index (χ2n) is 8.88. The summed E-state index contributed by atoms with van der Waals surface area (Å²) < 4.78 is 11.8. The van der Waals surface area contributed by atoms with Crippen molar-refractivity contribution in [3.05, 3.63) is 36.0 Å². The van der Waals surface area contributed by atoms with Crippen molar-refractivity contribution >= 4 is 5.97 Å². The van der Waals surface area contributed by atoms with Crippen LogP contribution in [-0.4, -0.2) is 36.0 Å². The van der Waals surface area contributed by atoms with Gasteiger partial charge in [-0.2, -0.15) is 0 Å². The van der Waals surface area contributed by atoms with Crippen LogP contribution in [0, 0.1) is 23.7 Å². The van der Waals surface area contributed by atoms with E-state index >= 15 is 0 Å². The van der Waals surface area contributed by atoms with Gasteiger partial charge in [-0.1, -0.05) is 44.2 Å². The third-order valence-corrected chi connectivity index (χ3v) is 6.20. The van der Waals surface area contributed by atoms with E-state index in [0.29, 0.717) is 36.7 Å². The molecular weight excluding hydrogens is 340 g/mol. The van der Waals surface area contributed by atoms with Crippen molar-refractivity contribution in [2.45, 2.75) is 71.2 Å². The van der Waals surface area contributed by atoms with Crippen LogP contribution in [-0.2, 0) is 14.3 Å². The van der Waals surface area contributed by atoms with Crippen LogP contribution in [0.5, 0.6) is 0 Å². The third-order valence-electron chi connectivity index (χ3n) is 6.20. The Morgan fingerprint density at radius 3 is 2.81 bits per heavy atom. The predicted molar refractivity (Wildman–Crippen MR) is 106 cm³/mol. The number of aliphatic hydroxyl groups excluding tert-OH is 1. The number of fused-ring (bicyclic) bond motifs is 1. The largest absolute Gasteiger partial charge is 0.462 e. The normalized spacial score (nSPS) is 38.7. The van der Waals surface area contributed by atoms with Gasteiger partial charge in [0.25, 0.3) is 0 Å². The summed E-state index contributed by atoms with van der Waals surface area (Å²) in [5.41, 5.74) is 2.45. The van der Waals surface area contributed by atoms with E-state index in [1.54, 1.807) is 0 Å². The standard InChI is InChI=1S/C23H34O4/c1-14(2)13-26-21-10-15(3)9-17-6-5-16(4)20(23(17)21)8-7-19-11-18(24)12-22(25)27-19/h5-6,9,15-16,18-21,23-24H,1,7-8,10-13H2,2-4H3/t15-,16-,18+,19?,20-,21-,23-/m0/s1. The highest BCUT2D eigenvalue weighted by atomic mass is 16.5. The number of carbonyl (C=O) groups excluding carboxylic acids is 1. The van der Waals surface area contributed by atoms with Gasteiger partial charge < -0.3 is 14.6 Å². The summed E-state index contributed by atoms with van der Waals surface area (Å²) in [6.45, 7) is 11.1. The highest BCUT2D eigenvalue weighted by Crippen LogP contribution is 2.45. The molecule has 0 spiro atoms. The maximum Gasteiger partial charge on any atom is 0.308 e. The van der Waals surface area contributed by atoms with Gasteiger partial charge in [0.15, 0.2) is 0 Å². The van der Waals surface area contributed by atoms with Crippen molar-refractivity contribution in [1.82, 2.24) is 0 Å². The van der Waals surface area contributed by atoms with Crippen molar-refractivity contribution in [3.8, 4) is 0 Å². The molecule has 4 heteroatoms. The molecule has 1 N–H and O–H groups in total. The van der Waals surface area contributed by atoms with Crippen LogP contribution < -0.4 is 0 Å². The fourth-order valence-corrected chi connectivity index (χ4v) is 4.94. The molecule has 27 heavy (non-hydrogen) atoms. The van der Waals surface area contributed by atoms with Crippen LogP contribution in [0.4, 0.5) is 0 Å². The van der Waals surface area contributed by atoms with E-state index < -0.39 is 6.10 Å². The van der Waals surface area contributed by atoms with Crippen LogP contribution in [0.25, 0.3) is 0 Å². The summed E-state index contributed by atoms with van der Waals surface area (Å²) in [5.74, 6) is 1.54. The summed E-state index contributed by atoms with van der Waals surface area (Å²) in [5, 5.41) is 9.87. The zero-order valence-electron chi connectivity index (χ0n) is 16.9. The number of ether oxygens (including phenoxy) is 2. The molecule has 1 heterocycles. The quantitative estimate of drug-likeness (QED) is 0.559. The summed E-state index contributed by atoms with van der Waals surface area (Å²) in [6.07, 6.45) is 9.96. The monoisotopic (exact) mass is 374 g/mol. The molecule has 3 aliphatic rings. The number of esters is 1. The van der Waals surface area contributed by atoms with Crippen LogP contribution >= 0.6 is 0 Å². The molecule has 0 aromatic carbocycles. The van der Waals surface area contributed by atoms with E-state index in [4.69, 9.17) is 9.47 Å². The van der Waals surface area contributed by atoms with E-state index in [1.807, 2.05) is 6.92 Å². The summed E-state index contributed by atoms with van der Waals surface area (Å²) in [7, 11) is 0. The molecule has 1 unspecified atom stereocenters. The van der Waals surface area contributed by atoms with Crippen molar-refractivity contribution < 1.29 is 19.4 Å². The van der Waals surface area contributed by atoms with Crippen LogP contribution in [0.3, 0.4) is 0 Å².